The maximum Gasteiger partial charge on any atom is 0.0633 e. The van der Waals surface area contributed by atoms with Crippen molar-refractivity contribution >= 4 is 61.7 Å². The van der Waals surface area contributed by atoms with Gasteiger partial charge in [-0.05, 0) is 47.2 Å². The van der Waals surface area contributed by atoms with E-state index in [0.717, 1.165) is 11.4 Å². The Morgan fingerprint density at radius 2 is 1.79 bits per heavy atom. The van der Waals surface area contributed by atoms with Crippen molar-refractivity contribution in [1.29, 1.82) is 0 Å². The van der Waals surface area contributed by atoms with Crippen molar-refractivity contribution in [3.05, 3.63) is 51.8 Å². The maximum atomic E-state index is 6.00. The molecule has 0 amide bonds. The van der Waals surface area contributed by atoms with Crippen LogP contribution in [-0.4, -0.2) is 0 Å². The second kappa shape index (κ2) is 4.93. The van der Waals surface area contributed by atoms with E-state index in [9.17, 15) is 0 Å². The number of thiophene rings is 1. The zero-order valence-electron chi connectivity index (χ0n) is 9.78. The summed E-state index contributed by atoms with van der Waals surface area (Å²) in [6.45, 7) is 0. The summed E-state index contributed by atoms with van der Waals surface area (Å²) in [6.07, 6.45) is 0. The van der Waals surface area contributed by atoms with E-state index in [-0.39, 0.29) is 0 Å². The molecule has 3 N–H and O–H groups in total. The molecule has 0 atom stereocenters. The van der Waals surface area contributed by atoms with Gasteiger partial charge in [0.1, 0.15) is 0 Å². The normalized spacial score (nSPS) is 10.8. The van der Waals surface area contributed by atoms with Crippen LogP contribution in [0.5, 0.6) is 0 Å². The molecule has 0 bridgehead atoms. The number of hydrogen-bond donors (Lipinski definition) is 2. The van der Waals surface area contributed by atoms with Gasteiger partial charge >= 0.3 is 0 Å². The topological polar surface area (TPSA) is 38.0 Å². The Hall–Kier alpha value is -1.42. The van der Waals surface area contributed by atoms with E-state index in [2.05, 4.69) is 28.9 Å². The standard InChI is InChI=1S/C14H10Cl2N2S/c15-10-6-12(17)13(7-11(10)16)18-9-1-2-14-8(5-9)3-4-19-14/h1-7,18H,17H2. The van der Waals surface area contributed by atoms with Gasteiger partial charge in [0.2, 0.25) is 0 Å². The quantitative estimate of drug-likeness (QED) is 0.610. The largest absolute Gasteiger partial charge is 0.397 e. The van der Waals surface area contributed by atoms with Gasteiger partial charge in [-0.15, -0.1) is 11.3 Å². The molecule has 1 heterocycles. The number of halogens is 2. The summed E-state index contributed by atoms with van der Waals surface area (Å²) >= 11 is 13.6. The van der Waals surface area contributed by atoms with Crippen LogP contribution in [0.15, 0.2) is 41.8 Å². The van der Waals surface area contributed by atoms with Crippen LogP contribution in [0.25, 0.3) is 10.1 Å². The first-order valence-electron chi connectivity index (χ1n) is 5.62. The minimum atomic E-state index is 0.456. The highest BCUT2D eigenvalue weighted by atomic mass is 35.5. The predicted molar refractivity (Wildman–Crippen MR) is 86.0 cm³/mol. The van der Waals surface area contributed by atoms with Crippen molar-refractivity contribution in [1.82, 2.24) is 0 Å². The summed E-state index contributed by atoms with van der Waals surface area (Å²) in [5, 5.41) is 7.47. The summed E-state index contributed by atoms with van der Waals surface area (Å²) in [7, 11) is 0. The van der Waals surface area contributed by atoms with Crippen molar-refractivity contribution in [3.63, 3.8) is 0 Å². The third-order valence-corrected chi connectivity index (χ3v) is 4.44. The molecule has 0 fully saturated rings. The SMILES string of the molecule is Nc1cc(Cl)c(Cl)cc1Nc1ccc2sccc2c1. The smallest absolute Gasteiger partial charge is 0.0633 e. The zero-order valence-corrected chi connectivity index (χ0v) is 12.1. The van der Waals surface area contributed by atoms with Gasteiger partial charge in [0.15, 0.2) is 0 Å². The van der Waals surface area contributed by atoms with Crippen LogP contribution in [0.3, 0.4) is 0 Å². The molecule has 3 rings (SSSR count). The van der Waals surface area contributed by atoms with Gasteiger partial charge in [0.05, 0.1) is 21.4 Å². The predicted octanol–water partition coefficient (Wildman–Crippen LogP) is 5.53. The molecule has 0 unspecified atom stereocenters. The Morgan fingerprint density at radius 3 is 2.63 bits per heavy atom. The number of benzene rings is 2. The first-order valence-corrected chi connectivity index (χ1v) is 7.26. The van der Waals surface area contributed by atoms with E-state index in [0.29, 0.717) is 15.7 Å². The molecule has 0 aliphatic carbocycles. The summed E-state index contributed by atoms with van der Waals surface area (Å²) in [5.74, 6) is 0. The first-order chi connectivity index (χ1) is 9.13. The van der Waals surface area contributed by atoms with Gasteiger partial charge in [-0.2, -0.15) is 0 Å². The molecular weight excluding hydrogens is 299 g/mol. The fraction of sp³-hybridized carbons (Fsp3) is 0. The van der Waals surface area contributed by atoms with E-state index >= 15 is 0 Å². The third kappa shape index (κ3) is 2.50. The molecule has 2 aromatic carbocycles. The molecule has 5 heteroatoms. The molecule has 0 spiro atoms. The highest BCUT2D eigenvalue weighted by Crippen LogP contribution is 2.33. The average Bonchev–Trinajstić information content (AvgIpc) is 2.83. The lowest BCUT2D eigenvalue weighted by Gasteiger charge is -2.11. The number of fused-ring (bicyclic) bond motifs is 1. The highest BCUT2D eigenvalue weighted by molar-refractivity contribution is 7.17. The third-order valence-electron chi connectivity index (χ3n) is 2.82. The summed E-state index contributed by atoms with van der Waals surface area (Å²) in [4.78, 5) is 0. The van der Waals surface area contributed by atoms with Crippen molar-refractivity contribution < 1.29 is 0 Å². The Morgan fingerprint density at radius 1 is 1.00 bits per heavy atom. The summed E-state index contributed by atoms with van der Waals surface area (Å²) in [5.41, 5.74) is 8.22. The van der Waals surface area contributed by atoms with Crippen molar-refractivity contribution in [2.75, 3.05) is 11.1 Å². The summed E-state index contributed by atoms with van der Waals surface area (Å²) in [6, 6.07) is 11.6. The Balaban J connectivity index is 1.98. The number of hydrogen-bond acceptors (Lipinski definition) is 3. The number of nitrogens with two attached hydrogens (primary N) is 1. The first kappa shape index (κ1) is 12.6. The van der Waals surface area contributed by atoms with Gasteiger partial charge in [0, 0.05) is 10.4 Å². The molecule has 0 saturated carbocycles. The molecular formula is C14H10Cl2N2S. The van der Waals surface area contributed by atoms with Gasteiger partial charge in [-0.3, -0.25) is 0 Å². The minimum absolute atomic E-state index is 0.456. The lowest BCUT2D eigenvalue weighted by Crippen LogP contribution is -1.96. The average molecular weight is 309 g/mol. The molecule has 2 nitrogen and oxygen atoms in total. The highest BCUT2D eigenvalue weighted by Gasteiger charge is 2.06. The summed E-state index contributed by atoms with van der Waals surface area (Å²) < 4.78 is 1.26. The van der Waals surface area contributed by atoms with Crippen molar-refractivity contribution in [2.24, 2.45) is 0 Å². The van der Waals surface area contributed by atoms with Crippen molar-refractivity contribution in [2.45, 2.75) is 0 Å². The molecule has 0 radical (unpaired) electrons. The lowest BCUT2D eigenvalue weighted by atomic mass is 10.2. The van der Waals surface area contributed by atoms with Crippen LogP contribution in [0.4, 0.5) is 17.1 Å². The van der Waals surface area contributed by atoms with E-state index < -0.39 is 0 Å². The fourth-order valence-corrected chi connectivity index (χ4v) is 2.98. The minimum Gasteiger partial charge on any atom is -0.397 e. The second-order valence-electron chi connectivity index (χ2n) is 4.15. The molecule has 1 aromatic heterocycles. The number of nitrogens with one attached hydrogen (secondary N) is 1. The molecule has 0 aliphatic heterocycles. The fourth-order valence-electron chi connectivity index (χ4n) is 1.87. The number of anilines is 3. The van der Waals surface area contributed by atoms with Gasteiger partial charge in [-0.1, -0.05) is 23.2 Å². The van der Waals surface area contributed by atoms with E-state index in [1.807, 2.05) is 6.07 Å². The van der Waals surface area contributed by atoms with Gasteiger partial charge < -0.3 is 11.1 Å². The number of rotatable bonds is 2. The molecule has 0 saturated heterocycles. The van der Waals surface area contributed by atoms with E-state index in [4.69, 9.17) is 28.9 Å². The van der Waals surface area contributed by atoms with E-state index in [1.54, 1.807) is 23.5 Å². The van der Waals surface area contributed by atoms with Crippen LogP contribution in [-0.2, 0) is 0 Å². The van der Waals surface area contributed by atoms with E-state index in [1.165, 1.54) is 10.1 Å². The van der Waals surface area contributed by atoms with Crippen LogP contribution in [0.1, 0.15) is 0 Å². The molecule has 19 heavy (non-hydrogen) atoms. The van der Waals surface area contributed by atoms with Crippen LogP contribution in [0, 0.1) is 0 Å². The van der Waals surface area contributed by atoms with Gasteiger partial charge in [-0.25, -0.2) is 0 Å². The van der Waals surface area contributed by atoms with Gasteiger partial charge in [0.25, 0.3) is 0 Å². The monoisotopic (exact) mass is 308 g/mol. The Bertz CT molecular complexity index is 752. The molecule has 96 valence electrons. The van der Waals surface area contributed by atoms with Crippen LogP contribution in [0.2, 0.25) is 10.0 Å². The lowest BCUT2D eigenvalue weighted by molar-refractivity contribution is 1.56. The van der Waals surface area contributed by atoms with Crippen molar-refractivity contribution in [3.8, 4) is 0 Å². The molecule has 0 aliphatic rings. The maximum absolute atomic E-state index is 6.00. The Kier molecular flexibility index (Phi) is 3.27. The van der Waals surface area contributed by atoms with Crippen LogP contribution >= 0.6 is 34.5 Å². The molecule has 3 aromatic rings. The Labute approximate surface area is 124 Å². The number of nitrogen functional groups attached to an aromatic ring is 1. The zero-order chi connectivity index (χ0) is 13.4. The van der Waals surface area contributed by atoms with Crippen LogP contribution < -0.4 is 11.1 Å². The second-order valence-corrected chi connectivity index (χ2v) is 5.91.